The topological polar surface area (TPSA) is 208 Å². The Morgan fingerprint density at radius 1 is 0.766 bits per heavy atom. The van der Waals surface area contributed by atoms with Crippen molar-refractivity contribution >= 4 is 49.6 Å². The van der Waals surface area contributed by atoms with Crippen LogP contribution in [-0.2, 0) is 18.9 Å². The standard InChI is InChI=1S/C33H32O14/c1-5-13-9-10-16-19-17(13)30(39)46-27-18-14(24(36)21(20(19)27)31(40)44-16)7-6-8-15(18)45-33-29(25(37)22(34)11(2)43-33)47-32-26(38)28(41-4)23(35)12(3)42-32/h5-12,22-23,25-26,28-29,32-38H,1H2,2-4H3/t11-,12+,22+,23-,25+,26+,28-,29-,32+,33+/m1/s1. The summed E-state index contributed by atoms with van der Waals surface area (Å²) in [4.78, 5) is 26.6. The molecule has 10 atom stereocenters. The van der Waals surface area contributed by atoms with Gasteiger partial charge in [0.05, 0.1) is 23.0 Å². The van der Waals surface area contributed by atoms with Crippen molar-refractivity contribution in [1.29, 1.82) is 0 Å². The summed E-state index contributed by atoms with van der Waals surface area (Å²) in [5.41, 5.74) is -1.19. The van der Waals surface area contributed by atoms with Gasteiger partial charge in [-0.1, -0.05) is 30.9 Å². The molecule has 0 unspecified atom stereocenters. The number of ether oxygens (including phenoxy) is 5. The van der Waals surface area contributed by atoms with Crippen LogP contribution in [0.25, 0.3) is 49.6 Å². The van der Waals surface area contributed by atoms with E-state index in [1.54, 1.807) is 13.0 Å². The molecule has 2 aliphatic rings. The van der Waals surface area contributed by atoms with Crippen molar-refractivity contribution in [2.24, 2.45) is 0 Å². The van der Waals surface area contributed by atoms with E-state index in [0.717, 1.165) is 0 Å². The Labute approximate surface area is 264 Å². The van der Waals surface area contributed by atoms with E-state index in [-0.39, 0.29) is 49.2 Å². The lowest BCUT2D eigenvalue weighted by molar-refractivity contribution is -0.353. The first-order chi connectivity index (χ1) is 22.5. The summed E-state index contributed by atoms with van der Waals surface area (Å²) < 4.78 is 40.5. The highest BCUT2D eigenvalue weighted by Gasteiger charge is 2.50. The van der Waals surface area contributed by atoms with Gasteiger partial charge in [0.15, 0.2) is 18.0 Å². The predicted molar refractivity (Wildman–Crippen MR) is 165 cm³/mol. The Morgan fingerprint density at radius 3 is 2.19 bits per heavy atom. The van der Waals surface area contributed by atoms with Gasteiger partial charge in [0.1, 0.15) is 53.0 Å². The maximum absolute atomic E-state index is 13.5. The molecule has 2 fully saturated rings. The SMILES string of the molecule is C=Cc1ccc2oc(=O)c3c(O)c4cccc(O[C@@H]5O[C@H](C)[C@H](O)[C@H](O)[C@H]5O[C@@H]5O[C@@H](C)[C@@H](O)[C@@H](OC)[C@@H]5O)c4c4oc(=O)c1c2c34. The summed E-state index contributed by atoms with van der Waals surface area (Å²) in [5, 5.41) is 55.0. The lowest BCUT2D eigenvalue weighted by Crippen LogP contribution is -2.64. The van der Waals surface area contributed by atoms with E-state index in [9.17, 15) is 35.1 Å². The van der Waals surface area contributed by atoms with Crippen molar-refractivity contribution in [1.82, 2.24) is 0 Å². The van der Waals surface area contributed by atoms with Gasteiger partial charge in [-0.05, 0) is 31.5 Å². The zero-order valence-electron chi connectivity index (χ0n) is 25.4. The molecule has 5 aromatic rings. The highest BCUT2D eigenvalue weighted by molar-refractivity contribution is 6.29. The van der Waals surface area contributed by atoms with Crippen LogP contribution in [0.3, 0.4) is 0 Å². The van der Waals surface area contributed by atoms with Crippen LogP contribution in [0.15, 0.2) is 55.3 Å². The van der Waals surface area contributed by atoms with Gasteiger partial charge >= 0.3 is 11.3 Å². The van der Waals surface area contributed by atoms with E-state index in [1.165, 1.54) is 44.4 Å². The van der Waals surface area contributed by atoms with Crippen LogP contribution in [-0.4, -0.2) is 94.1 Å². The fourth-order valence-electron chi connectivity index (χ4n) is 6.62. The molecule has 0 bridgehead atoms. The molecule has 14 heteroatoms. The Hall–Kier alpha value is -4.12. The van der Waals surface area contributed by atoms with Gasteiger partial charge in [-0.2, -0.15) is 0 Å². The van der Waals surface area contributed by atoms with Crippen molar-refractivity contribution in [3.63, 3.8) is 0 Å². The second-order valence-corrected chi connectivity index (χ2v) is 11.8. The van der Waals surface area contributed by atoms with E-state index < -0.39 is 78.4 Å². The number of methoxy groups -OCH3 is 1. The molecule has 2 aliphatic heterocycles. The number of fused-ring (bicyclic) bond motifs is 2. The third kappa shape index (κ3) is 4.71. The third-order valence-corrected chi connectivity index (χ3v) is 9.07. The Kier molecular flexibility index (Phi) is 7.73. The maximum Gasteiger partial charge on any atom is 0.348 e. The molecule has 2 aromatic heterocycles. The summed E-state index contributed by atoms with van der Waals surface area (Å²) >= 11 is 0. The van der Waals surface area contributed by atoms with Crippen LogP contribution in [0.4, 0.5) is 0 Å². The zero-order valence-corrected chi connectivity index (χ0v) is 25.4. The van der Waals surface area contributed by atoms with Gasteiger partial charge in [0.25, 0.3) is 0 Å². The molecule has 0 amide bonds. The molecule has 47 heavy (non-hydrogen) atoms. The molecule has 4 heterocycles. The van der Waals surface area contributed by atoms with E-state index in [4.69, 9.17) is 32.5 Å². The predicted octanol–water partition coefficient (Wildman–Crippen LogP) is 1.70. The fourth-order valence-corrected chi connectivity index (χ4v) is 6.62. The largest absolute Gasteiger partial charge is 0.506 e. The summed E-state index contributed by atoms with van der Waals surface area (Å²) in [7, 11) is 1.30. The van der Waals surface area contributed by atoms with E-state index in [0.29, 0.717) is 5.56 Å². The van der Waals surface area contributed by atoms with Crippen molar-refractivity contribution in [3.05, 3.63) is 63.3 Å². The van der Waals surface area contributed by atoms with Crippen LogP contribution in [0.5, 0.6) is 11.5 Å². The number of phenolic OH excluding ortho intramolecular Hbond substituents is 1. The minimum Gasteiger partial charge on any atom is -0.506 e. The molecule has 0 radical (unpaired) electrons. The number of hydrogen-bond acceptors (Lipinski definition) is 14. The number of rotatable bonds is 6. The summed E-state index contributed by atoms with van der Waals surface area (Å²) in [6.07, 6.45) is -11.6. The monoisotopic (exact) mass is 652 g/mol. The second-order valence-electron chi connectivity index (χ2n) is 11.8. The summed E-state index contributed by atoms with van der Waals surface area (Å²) in [5.74, 6) is -0.462. The van der Waals surface area contributed by atoms with Gasteiger partial charge < -0.3 is 58.1 Å². The smallest absolute Gasteiger partial charge is 0.348 e. The zero-order chi connectivity index (χ0) is 33.5. The number of aliphatic hydroxyl groups is 4. The minimum atomic E-state index is -1.61. The lowest BCUT2D eigenvalue weighted by atomic mass is 9.95. The minimum absolute atomic E-state index is 0.00900. The number of aliphatic hydroxyl groups excluding tert-OH is 4. The average Bonchev–Trinajstić information content (AvgIpc) is 3.05. The molecule has 3 aromatic carbocycles. The lowest BCUT2D eigenvalue weighted by Gasteiger charge is -2.46. The molecule has 14 nitrogen and oxygen atoms in total. The van der Waals surface area contributed by atoms with Crippen molar-refractivity contribution < 1.29 is 58.1 Å². The first-order valence-electron chi connectivity index (χ1n) is 14.9. The van der Waals surface area contributed by atoms with Crippen LogP contribution >= 0.6 is 0 Å². The van der Waals surface area contributed by atoms with Crippen LogP contribution < -0.4 is 16.0 Å². The third-order valence-electron chi connectivity index (χ3n) is 9.07. The fraction of sp³-hybridized carbons (Fsp3) is 0.394. The number of phenols is 1. The highest BCUT2D eigenvalue weighted by atomic mass is 16.8. The van der Waals surface area contributed by atoms with E-state index >= 15 is 0 Å². The highest BCUT2D eigenvalue weighted by Crippen LogP contribution is 2.45. The molecule has 7 rings (SSSR count). The first-order valence-corrected chi connectivity index (χ1v) is 14.9. The van der Waals surface area contributed by atoms with Crippen LogP contribution in [0, 0.1) is 0 Å². The van der Waals surface area contributed by atoms with Crippen molar-refractivity contribution in [3.8, 4) is 11.5 Å². The molecule has 0 aliphatic carbocycles. The maximum atomic E-state index is 13.5. The van der Waals surface area contributed by atoms with Gasteiger partial charge in [0.2, 0.25) is 6.29 Å². The van der Waals surface area contributed by atoms with E-state index in [2.05, 4.69) is 6.58 Å². The van der Waals surface area contributed by atoms with Gasteiger partial charge in [-0.25, -0.2) is 9.59 Å². The van der Waals surface area contributed by atoms with Gasteiger partial charge in [-0.15, -0.1) is 0 Å². The summed E-state index contributed by atoms with van der Waals surface area (Å²) in [6, 6.07) is 7.57. The molecular weight excluding hydrogens is 620 g/mol. The molecule has 2 saturated heterocycles. The average molecular weight is 653 g/mol. The Balaban J connectivity index is 1.39. The molecular formula is C33H32O14. The van der Waals surface area contributed by atoms with Gasteiger partial charge in [-0.3, -0.25) is 0 Å². The van der Waals surface area contributed by atoms with Crippen molar-refractivity contribution in [2.45, 2.75) is 75.3 Å². The molecule has 0 saturated carbocycles. The molecule has 0 spiro atoms. The van der Waals surface area contributed by atoms with Crippen LogP contribution in [0.2, 0.25) is 0 Å². The molecule has 248 valence electrons. The quantitative estimate of drug-likeness (QED) is 0.101. The number of hydrogen-bond donors (Lipinski definition) is 5. The Bertz CT molecular complexity index is 2120. The van der Waals surface area contributed by atoms with Gasteiger partial charge in [0, 0.05) is 23.3 Å². The second kappa shape index (κ2) is 11.5. The van der Waals surface area contributed by atoms with E-state index in [1.807, 2.05) is 0 Å². The van der Waals surface area contributed by atoms with Crippen LogP contribution in [0.1, 0.15) is 19.4 Å². The Morgan fingerprint density at radius 2 is 1.47 bits per heavy atom. The van der Waals surface area contributed by atoms with Crippen molar-refractivity contribution in [2.75, 3.05) is 7.11 Å². The first kappa shape index (κ1) is 31.5. The normalized spacial score (nSPS) is 31.6. The summed E-state index contributed by atoms with van der Waals surface area (Å²) in [6.45, 7) is 6.81. The number of benzene rings is 3. The molecule has 5 N–H and O–H groups in total. The number of aromatic hydroxyl groups is 1.